The third-order valence-electron chi connectivity index (χ3n) is 2.09. The molecule has 0 saturated carbocycles. The first-order valence-electron chi connectivity index (χ1n) is 4.65. The second-order valence-electron chi connectivity index (χ2n) is 3.11. The molecule has 76 valence electrons. The van der Waals surface area contributed by atoms with Crippen molar-refractivity contribution in [2.24, 2.45) is 0 Å². The SMILES string of the molecule is CCc1cc(Br)ccc1C(=O)CNC. The number of nitrogens with one attached hydrogen (secondary N) is 1. The summed E-state index contributed by atoms with van der Waals surface area (Å²) in [6.07, 6.45) is 0.879. The average molecular weight is 256 g/mol. The third kappa shape index (κ3) is 2.66. The molecule has 0 unspecified atom stereocenters. The summed E-state index contributed by atoms with van der Waals surface area (Å²) in [5.74, 6) is 0.150. The van der Waals surface area contributed by atoms with Crippen LogP contribution in [0.25, 0.3) is 0 Å². The van der Waals surface area contributed by atoms with E-state index in [1.54, 1.807) is 7.05 Å². The molecule has 3 heteroatoms. The Hall–Kier alpha value is -0.670. The van der Waals surface area contributed by atoms with Crippen LogP contribution in [0.2, 0.25) is 0 Å². The van der Waals surface area contributed by atoms with E-state index in [-0.39, 0.29) is 5.78 Å². The summed E-state index contributed by atoms with van der Waals surface area (Å²) < 4.78 is 1.02. The molecule has 0 fully saturated rings. The molecule has 0 heterocycles. The highest BCUT2D eigenvalue weighted by Crippen LogP contribution is 2.17. The minimum Gasteiger partial charge on any atom is -0.313 e. The van der Waals surface area contributed by atoms with Crippen molar-refractivity contribution in [3.8, 4) is 0 Å². The Kier molecular flexibility index (Phi) is 4.29. The highest BCUT2D eigenvalue weighted by atomic mass is 79.9. The van der Waals surface area contributed by atoms with Gasteiger partial charge in [0.25, 0.3) is 0 Å². The van der Waals surface area contributed by atoms with E-state index in [0.717, 1.165) is 22.0 Å². The Labute approximate surface area is 92.8 Å². The first-order valence-corrected chi connectivity index (χ1v) is 5.44. The summed E-state index contributed by atoms with van der Waals surface area (Å²) in [4.78, 5) is 11.7. The second kappa shape index (κ2) is 5.27. The maximum atomic E-state index is 11.7. The number of rotatable bonds is 4. The van der Waals surface area contributed by atoms with E-state index < -0.39 is 0 Å². The first-order chi connectivity index (χ1) is 6.69. The van der Waals surface area contributed by atoms with Crippen LogP contribution >= 0.6 is 15.9 Å². The van der Waals surface area contributed by atoms with Gasteiger partial charge in [0.05, 0.1) is 6.54 Å². The number of carbonyl (C=O) groups is 1. The zero-order valence-electron chi connectivity index (χ0n) is 8.43. The summed E-state index contributed by atoms with van der Waals surface area (Å²) >= 11 is 3.40. The van der Waals surface area contributed by atoms with Crippen LogP contribution in [0.15, 0.2) is 22.7 Å². The van der Waals surface area contributed by atoms with E-state index in [0.29, 0.717) is 6.54 Å². The summed E-state index contributed by atoms with van der Waals surface area (Å²) in [6.45, 7) is 2.45. The topological polar surface area (TPSA) is 29.1 Å². The van der Waals surface area contributed by atoms with Gasteiger partial charge in [0.1, 0.15) is 0 Å². The van der Waals surface area contributed by atoms with Crippen LogP contribution in [-0.4, -0.2) is 19.4 Å². The smallest absolute Gasteiger partial charge is 0.176 e. The van der Waals surface area contributed by atoms with Gasteiger partial charge in [0.2, 0.25) is 0 Å². The van der Waals surface area contributed by atoms with Crippen molar-refractivity contribution in [3.63, 3.8) is 0 Å². The molecular weight excluding hydrogens is 242 g/mol. The van der Waals surface area contributed by atoms with Crippen LogP contribution < -0.4 is 5.32 Å². The monoisotopic (exact) mass is 255 g/mol. The normalized spacial score (nSPS) is 10.2. The molecule has 0 amide bonds. The van der Waals surface area contributed by atoms with Crippen molar-refractivity contribution >= 4 is 21.7 Å². The van der Waals surface area contributed by atoms with Gasteiger partial charge >= 0.3 is 0 Å². The maximum Gasteiger partial charge on any atom is 0.176 e. The summed E-state index contributed by atoms with van der Waals surface area (Å²) in [6, 6.07) is 5.79. The number of hydrogen-bond donors (Lipinski definition) is 1. The maximum absolute atomic E-state index is 11.7. The molecule has 2 nitrogen and oxygen atoms in total. The van der Waals surface area contributed by atoms with Gasteiger partial charge in [0.15, 0.2) is 5.78 Å². The lowest BCUT2D eigenvalue weighted by Crippen LogP contribution is -2.19. The fourth-order valence-corrected chi connectivity index (χ4v) is 1.79. The van der Waals surface area contributed by atoms with E-state index >= 15 is 0 Å². The highest BCUT2D eigenvalue weighted by molar-refractivity contribution is 9.10. The van der Waals surface area contributed by atoms with Crippen molar-refractivity contribution in [1.29, 1.82) is 0 Å². The number of Topliss-reactive ketones (excluding diaryl/α,β-unsaturated/α-hetero) is 1. The molecule has 0 aliphatic carbocycles. The molecule has 0 spiro atoms. The summed E-state index contributed by atoms with van der Waals surface area (Å²) in [5, 5.41) is 2.87. The predicted octanol–water partition coefficient (Wildman–Crippen LogP) is 2.41. The molecule has 0 atom stereocenters. The van der Waals surface area contributed by atoms with E-state index in [1.165, 1.54) is 0 Å². The lowest BCUT2D eigenvalue weighted by Gasteiger charge is -2.06. The number of hydrogen-bond acceptors (Lipinski definition) is 2. The predicted molar refractivity (Wildman–Crippen MR) is 61.8 cm³/mol. The van der Waals surface area contributed by atoms with E-state index in [9.17, 15) is 4.79 Å². The molecular formula is C11H14BrNO. The van der Waals surface area contributed by atoms with Gasteiger partial charge in [-0.25, -0.2) is 0 Å². The van der Waals surface area contributed by atoms with E-state index in [1.807, 2.05) is 18.2 Å². The highest BCUT2D eigenvalue weighted by Gasteiger charge is 2.09. The summed E-state index contributed by atoms with van der Waals surface area (Å²) in [7, 11) is 1.78. The zero-order valence-corrected chi connectivity index (χ0v) is 10.0. The van der Waals surface area contributed by atoms with Gasteiger partial charge in [0, 0.05) is 10.0 Å². The van der Waals surface area contributed by atoms with Gasteiger partial charge in [-0.1, -0.05) is 22.9 Å². The van der Waals surface area contributed by atoms with Crippen molar-refractivity contribution in [1.82, 2.24) is 5.32 Å². The molecule has 0 aliphatic heterocycles. The van der Waals surface area contributed by atoms with Crippen LogP contribution in [0.3, 0.4) is 0 Å². The molecule has 1 aromatic carbocycles. The second-order valence-corrected chi connectivity index (χ2v) is 4.02. The average Bonchev–Trinajstić information content (AvgIpc) is 2.17. The molecule has 0 bridgehead atoms. The van der Waals surface area contributed by atoms with Gasteiger partial charge in [-0.3, -0.25) is 4.79 Å². The van der Waals surface area contributed by atoms with E-state index in [2.05, 4.69) is 28.2 Å². The number of carbonyl (C=O) groups excluding carboxylic acids is 1. The Balaban J connectivity index is 3.01. The minimum atomic E-state index is 0.150. The van der Waals surface area contributed by atoms with Crippen molar-refractivity contribution in [2.75, 3.05) is 13.6 Å². The molecule has 14 heavy (non-hydrogen) atoms. The van der Waals surface area contributed by atoms with Crippen LogP contribution in [-0.2, 0) is 6.42 Å². The Bertz CT molecular complexity index is 336. The number of ketones is 1. The first kappa shape index (κ1) is 11.4. The van der Waals surface area contributed by atoms with Gasteiger partial charge in [-0.05, 0) is 37.2 Å². The van der Waals surface area contributed by atoms with Crippen molar-refractivity contribution in [2.45, 2.75) is 13.3 Å². The molecule has 0 aliphatic rings. The molecule has 0 saturated heterocycles. The Morgan fingerprint density at radius 1 is 1.50 bits per heavy atom. The zero-order chi connectivity index (χ0) is 10.6. The standard InChI is InChI=1S/C11H14BrNO/c1-3-8-6-9(12)4-5-10(8)11(14)7-13-2/h4-6,13H,3,7H2,1-2H3. The largest absolute Gasteiger partial charge is 0.313 e. The quantitative estimate of drug-likeness (QED) is 0.838. The van der Waals surface area contributed by atoms with Crippen LogP contribution in [0.5, 0.6) is 0 Å². The van der Waals surface area contributed by atoms with Crippen molar-refractivity contribution in [3.05, 3.63) is 33.8 Å². The Morgan fingerprint density at radius 2 is 2.21 bits per heavy atom. The van der Waals surface area contributed by atoms with Gasteiger partial charge in [-0.15, -0.1) is 0 Å². The fourth-order valence-electron chi connectivity index (χ4n) is 1.38. The van der Waals surface area contributed by atoms with E-state index in [4.69, 9.17) is 0 Å². The Morgan fingerprint density at radius 3 is 2.79 bits per heavy atom. The number of aryl methyl sites for hydroxylation is 1. The third-order valence-corrected chi connectivity index (χ3v) is 2.58. The molecule has 0 aromatic heterocycles. The molecule has 1 rings (SSSR count). The summed E-state index contributed by atoms with van der Waals surface area (Å²) in [5.41, 5.74) is 1.92. The number of benzene rings is 1. The van der Waals surface area contributed by atoms with Crippen LogP contribution in [0.4, 0.5) is 0 Å². The lowest BCUT2D eigenvalue weighted by molar-refractivity contribution is 0.0992. The van der Waals surface area contributed by atoms with Gasteiger partial charge in [-0.2, -0.15) is 0 Å². The fraction of sp³-hybridized carbons (Fsp3) is 0.364. The van der Waals surface area contributed by atoms with Crippen molar-refractivity contribution < 1.29 is 4.79 Å². The lowest BCUT2D eigenvalue weighted by atomic mass is 10.0. The van der Waals surface area contributed by atoms with Crippen LogP contribution in [0, 0.1) is 0 Å². The molecule has 1 aromatic rings. The van der Waals surface area contributed by atoms with Crippen LogP contribution in [0.1, 0.15) is 22.8 Å². The minimum absolute atomic E-state index is 0.150. The molecule has 1 N–H and O–H groups in total. The molecule has 0 radical (unpaired) electrons. The van der Waals surface area contributed by atoms with Gasteiger partial charge < -0.3 is 5.32 Å². The number of likely N-dealkylation sites (N-methyl/N-ethyl adjacent to an activating group) is 1. The number of halogens is 1.